The predicted molar refractivity (Wildman–Crippen MR) is 644 cm³/mol. The summed E-state index contributed by atoms with van der Waals surface area (Å²) < 4.78 is 0. The van der Waals surface area contributed by atoms with Gasteiger partial charge in [0, 0.05) is 115 Å². The van der Waals surface area contributed by atoms with Crippen molar-refractivity contribution in [2.75, 3.05) is 0 Å². The molecule has 3 aromatic carbocycles. The van der Waals surface area contributed by atoms with E-state index in [9.17, 15) is 4.79 Å². The third-order valence-corrected chi connectivity index (χ3v) is 29.3. The van der Waals surface area contributed by atoms with Gasteiger partial charge in [0.25, 0.3) is 0 Å². The molecule has 0 saturated heterocycles. The maximum absolute atomic E-state index is 11.6. The van der Waals surface area contributed by atoms with Crippen LogP contribution in [-0.4, -0.2) is 5.78 Å². The van der Waals surface area contributed by atoms with Crippen LogP contribution in [0.2, 0.25) is 0 Å². The molecule has 16 rings (SSSR count). The Morgan fingerprint density at radius 2 is 0.496 bits per heavy atom. The Balaban J connectivity index is -0.000000356. The lowest BCUT2D eigenvalue weighted by atomic mass is 9.60. The van der Waals surface area contributed by atoms with Gasteiger partial charge in [-0.3, -0.25) is 4.79 Å². The molecule has 0 heterocycles. The highest BCUT2D eigenvalue weighted by Gasteiger charge is 2.39. The molecule has 5 fully saturated rings. The summed E-state index contributed by atoms with van der Waals surface area (Å²) in [7, 11) is 0. The molecule has 3 aromatic rings. The summed E-state index contributed by atoms with van der Waals surface area (Å²) in [6.07, 6.45) is 70.3. The van der Waals surface area contributed by atoms with E-state index in [0.29, 0.717) is 6.42 Å². The first kappa shape index (κ1) is 145. The maximum Gasteiger partial charge on any atom is 0.162 e. The Bertz CT molecular complexity index is 3730. The fourth-order valence-electron chi connectivity index (χ4n) is 21.7. The Kier molecular flexibility index (Phi) is 113. The van der Waals surface area contributed by atoms with Crippen LogP contribution < -0.4 is 0 Å². The van der Waals surface area contributed by atoms with Crippen molar-refractivity contribution in [1.29, 1.82) is 0 Å². The van der Waals surface area contributed by atoms with Gasteiger partial charge in [0.05, 0.1) is 0 Å². The molecule has 13 atom stereocenters. The minimum atomic E-state index is 0.232. The fraction of sp³-hybridized carbons (Fsp3) is 0.750. The van der Waals surface area contributed by atoms with E-state index in [1.54, 1.807) is 0 Å². The van der Waals surface area contributed by atoms with E-state index in [2.05, 4.69) is 205 Å². The average molecular weight is 1940 g/mol. The number of hydrogen-bond acceptors (Lipinski definition) is 1. The van der Waals surface area contributed by atoms with Gasteiger partial charge in [0.2, 0.25) is 0 Å². The number of benzene rings is 3. The van der Waals surface area contributed by atoms with Gasteiger partial charge in [-0.25, -0.2) is 0 Å². The molecule has 0 N–H and O–H groups in total. The quantitative estimate of drug-likeness (QED) is 0.162. The summed E-state index contributed by atoms with van der Waals surface area (Å²) in [5.74, 6) is 67.7. The zero-order valence-electron chi connectivity index (χ0n) is 101. The van der Waals surface area contributed by atoms with Crippen LogP contribution in [0, 0.1) is 183 Å². The Labute approximate surface area is 888 Å². The van der Waals surface area contributed by atoms with E-state index in [1.165, 1.54) is 244 Å². The number of fused-ring (bicyclic) bond motifs is 8. The van der Waals surface area contributed by atoms with Crippen LogP contribution in [0.5, 0.6) is 0 Å². The highest BCUT2D eigenvalue weighted by molar-refractivity contribution is 5.96. The van der Waals surface area contributed by atoms with Crippen molar-refractivity contribution in [3.63, 3.8) is 0 Å². The number of ketones is 1. The second-order valence-electron chi connectivity index (χ2n) is 36.9. The third kappa shape index (κ3) is 66.6. The van der Waals surface area contributed by atoms with Crippen LogP contribution in [-0.2, 0) is 44.9 Å². The second kappa shape index (κ2) is 110. The first-order valence-electron chi connectivity index (χ1n) is 62.1. The monoisotopic (exact) mass is 1940 g/mol. The van der Waals surface area contributed by atoms with Crippen molar-refractivity contribution in [2.45, 2.75) is 595 Å². The number of carbonyl (C=O) groups excluding carboxylic acids is 1. The smallest absolute Gasteiger partial charge is 0.162 e. The molecule has 0 aromatic heterocycles. The molecular weight excluding hydrogens is 1700 g/mol. The summed E-state index contributed by atoms with van der Waals surface area (Å²) in [5.41, 5.74) is 11.0. The molecule has 1 nitrogen and oxygen atoms in total. The standard InChI is InChI=1S/C16H26.C15H16O.C15H24.C14H22.C14H16.C13H20.C12H18.C12H12.C3H8.13C2H6/c1-2-14-8-7-11-15-9-5-3-4-6-10-16(15)13-12-14;1-2-15(16)14-10-9-12-7-5-3-4-6-8-13(12)11-14;1-2-13-9-11-14-7-5-3-4-6-8-15(14)12-10-13;2*1-2-12-9-10-13-7-5-3-4-6-8-14(13)11-12;1-2-11-9-12-7-5-3-4-6-8-13(12)10-11;1-2-10-9-11-7-5-3-4-6-8-12(10)11;1-2-4-8-12-10-6-5-9-11(12)7-3-1;1-3-2;13*1-2/h14-16H,2,5-13H2,1H3;9-11H,2,5-8H2,1H3;13-15H,2,5-12H2,1H3;12-14H,2,5-11H2,1H3;9-11H,2,5-8H2,1H3;11-13H,2,5-10H2,1H3;10-12H,2,5-9H2,1H3;5-6,9-10H,3-4,7-8H2;3H2,1-2H3;13*1-2H3. The number of rotatable bonds is 8. The molecule has 141 heavy (non-hydrogen) atoms. The highest BCUT2D eigenvalue weighted by atomic mass is 16.1. The zero-order chi connectivity index (χ0) is 107. The van der Waals surface area contributed by atoms with E-state index in [1.807, 2.05) is 193 Å². The average Bonchev–Trinajstić information content (AvgIpc) is 1.47. The molecule has 13 unspecified atom stereocenters. The lowest BCUT2D eigenvalue weighted by Gasteiger charge is -2.45. The van der Waals surface area contributed by atoms with Gasteiger partial charge in [-0.2, -0.15) is 0 Å². The second-order valence-corrected chi connectivity index (χ2v) is 36.9. The number of hydrogen-bond donors (Lipinski definition) is 0. The van der Waals surface area contributed by atoms with E-state index in [4.69, 9.17) is 0 Å². The van der Waals surface area contributed by atoms with Crippen LogP contribution in [0.1, 0.15) is 600 Å². The molecule has 13 aliphatic rings. The summed E-state index contributed by atoms with van der Waals surface area (Å²) in [4.78, 5) is 11.6. The minimum absolute atomic E-state index is 0.232. The molecule has 5 saturated carbocycles. The third-order valence-electron chi connectivity index (χ3n) is 29.3. The molecule has 0 bridgehead atoms. The predicted octanol–water partition coefficient (Wildman–Crippen LogP) is 43.6. The van der Waals surface area contributed by atoms with Gasteiger partial charge < -0.3 is 0 Å². The molecule has 806 valence electrons. The summed E-state index contributed by atoms with van der Waals surface area (Å²) >= 11 is 0. The van der Waals surface area contributed by atoms with Crippen molar-refractivity contribution >= 4 is 5.78 Å². The normalized spacial score (nSPS) is 23.6. The fourth-order valence-corrected chi connectivity index (χ4v) is 21.7. The van der Waals surface area contributed by atoms with Crippen LogP contribution in [0.15, 0.2) is 60.7 Å². The van der Waals surface area contributed by atoms with E-state index < -0.39 is 0 Å². The van der Waals surface area contributed by atoms with E-state index in [-0.39, 0.29) is 5.78 Å². The van der Waals surface area contributed by atoms with E-state index in [0.717, 1.165) is 236 Å². The van der Waals surface area contributed by atoms with Crippen molar-refractivity contribution in [3.8, 4) is 94.7 Å². The molecule has 13 aliphatic carbocycles. The Morgan fingerprint density at radius 1 is 0.234 bits per heavy atom. The molecule has 0 spiro atoms. The van der Waals surface area contributed by atoms with Gasteiger partial charge >= 0.3 is 0 Å². The van der Waals surface area contributed by atoms with Crippen molar-refractivity contribution < 1.29 is 4.79 Å². The topological polar surface area (TPSA) is 17.1 Å². The zero-order valence-corrected chi connectivity index (χ0v) is 101. The number of aryl methyl sites for hydroxylation is 7. The molecule has 0 amide bonds. The minimum Gasteiger partial charge on any atom is -0.294 e. The summed E-state index contributed by atoms with van der Waals surface area (Å²) in [6.45, 7) is 72.1. The van der Waals surface area contributed by atoms with Crippen molar-refractivity contribution in [2.24, 2.45) is 88.8 Å². The lowest BCUT2D eigenvalue weighted by Crippen LogP contribution is -2.36. The summed E-state index contributed by atoms with van der Waals surface area (Å²) in [6, 6.07) is 21.7. The molecular formula is C140H240O. The largest absolute Gasteiger partial charge is 0.294 e. The first-order valence-corrected chi connectivity index (χ1v) is 62.1. The van der Waals surface area contributed by atoms with Crippen LogP contribution >= 0.6 is 0 Å². The molecule has 1 heteroatoms. The maximum atomic E-state index is 11.6. The number of carbonyl (C=O) groups is 1. The van der Waals surface area contributed by atoms with Gasteiger partial charge in [0.15, 0.2) is 5.78 Å². The lowest BCUT2D eigenvalue weighted by molar-refractivity contribution is 0.0546. The Morgan fingerprint density at radius 3 is 0.830 bits per heavy atom. The van der Waals surface area contributed by atoms with Crippen molar-refractivity contribution in [1.82, 2.24) is 0 Å². The SMILES string of the molecule is C1#CCCc2ccccc2CC1.CC.CC.CC.CC.CC.CC.CC.CC.CC.CC.CC.CC.CC.CCC.CCC(=O)c1ccc2c(c1)CCC#CCC2.CCC1CC2CCC#CCCC12.CCC1CC2CCC#CCCC2C1.CCC1CCC2CCC#CCCC2C1.CCC1CCC2CCC#CCCC2CC1.CCC1CCCC2CCC#CCCC2CC1.CCc1ccc2c(c1)CCC#CCC2. The Hall–Kier alpha value is -6.19. The van der Waals surface area contributed by atoms with Gasteiger partial charge in [0.1, 0.15) is 0 Å². The highest BCUT2D eigenvalue weighted by Crippen LogP contribution is 2.48. The van der Waals surface area contributed by atoms with E-state index >= 15 is 0 Å². The van der Waals surface area contributed by atoms with Gasteiger partial charge in [-0.15, -0.1) is 94.7 Å². The molecule has 0 aliphatic heterocycles. The van der Waals surface area contributed by atoms with Crippen molar-refractivity contribution in [3.05, 3.63) is 105 Å². The van der Waals surface area contributed by atoms with Crippen LogP contribution in [0.25, 0.3) is 0 Å². The number of Topliss-reactive ketones (excluding diaryl/α,β-unsaturated/α-hetero) is 1. The van der Waals surface area contributed by atoms with Crippen LogP contribution in [0.4, 0.5) is 0 Å². The van der Waals surface area contributed by atoms with Gasteiger partial charge in [-0.1, -0.05) is 380 Å². The molecule has 0 radical (unpaired) electrons. The first-order chi connectivity index (χ1) is 69.6. The van der Waals surface area contributed by atoms with Crippen LogP contribution in [0.3, 0.4) is 0 Å². The summed E-state index contributed by atoms with van der Waals surface area (Å²) in [5, 5.41) is 0. The van der Waals surface area contributed by atoms with Gasteiger partial charge in [-0.05, 0) is 294 Å².